The number of aromatic nitrogens is 2. The van der Waals surface area contributed by atoms with E-state index in [-0.39, 0.29) is 6.04 Å². The van der Waals surface area contributed by atoms with Gasteiger partial charge in [0, 0.05) is 44.6 Å². The molecule has 0 amide bonds. The van der Waals surface area contributed by atoms with E-state index in [4.69, 9.17) is 0 Å². The Morgan fingerprint density at radius 2 is 1.93 bits per heavy atom. The highest BCUT2D eigenvalue weighted by atomic mass is 15.3. The molecule has 1 fully saturated rings. The molecular weight excluding hydrogens is 360 g/mol. The number of guanidine groups is 1. The second kappa shape index (κ2) is 9.81. The lowest BCUT2D eigenvalue weighted by molar-refractivity contribution is 0.435. The summed E-state index contributed by atoms with van der Waals surface area (Å²) in [6.07, 6.45) is 2.59. The van der Waals surface area contributed by atoms with Crippen molar-refractivity contribution in [3.05, 3.63) is 47.3 Å². The summed E-state index contributed by atoms with van der Waals surface area (Å²) >= 11 is 0. The van der Waals surface area contributed by atoms with Crippen LogP contribution in [0, 0.1) is 19.8 Å². The van der Waals surface area contributed by atoms with E-state index in [1.165, 1.54) is 42.9 Å². The summed E-state index contributed by atoms with van der Waals surface area (Å²) in [5, 5.41) is 11.6. The van der Waals surface area contributed by atoms with Crippen LogP contribution in [0.2, 0.25) is 0 Å². The number of nitrogens with one attached hydrogen (secondary N) is 2. The first-order valence-electron chi connectivity index (χ1n) is 10.8. The first-order valence-corrected chi connectivity index (χ1v) is 10.8. The van der Waals surface area contributed by atoms with Crippen molar-refractivity contribution < 1.29 is 0 Å². The molecule has 2 atom stereocenters. The normalized spacial score (nSPS) is 16.7. The topological polar surface area (TPSA) is 57.5 Å². The van der Waals surface area contributed by atoms with Crippen LogP contribution >= 0.6 is 0 Å². The zero-order chi connectivity index (χ0) is 20.8. The smallest absolute Gasteiger partial charge is 0.191 e. The largest absolute Gasteiger partial charge is 0.372 e. The Morgan fingerprint density at radius 3 is 2.59 bits per heavy atom. The highest BCUT2D eigenvalue weighted by Gasteiger charge is 2.15. The van der Waals surface area contributed by atoms with Crippen molar-refractivity contribution in [1.29, 1.82) is 0 Å². The number of nitrogens with zero attached hydrogens (tertiary/aromatic N) is 4. The van der Waals surface area contributed by atoms with E-state index in [2.05, 4.69) is 81.4 Å². The maximum absolute atomic E-state index is 4.57. The third-order valence-electron chi connectivity index (χ3n) is 5.62. The third-order valence-corrected chi connectivity index (χ3v) is 5.62. The zero-order valence-electron chi connectivity index (χ0n) is 18.6. The Hall–Kier alpha value is -2.50. The highest BCUT2D eigenvalue weighted by Crippen LogP contribution is 2.23. The molecule has 158 valence electrons. The van der Waals surface area contributed by atoms with Gasteiger partial charge in [-0.1, -0.05) is 19.1 Å². The lowest BCUT2D eigenvalue weighted by Crippen LogP contribution is -2.41. The quantitative estimate of drug-likeness (QED) is 0.554. The summed E-state index contributed by atoms with van der Waals surface area (Å²) in [6, 6.07) is 11.2. The standard InChI is InChI=1S/C23H36N6/c1-17(16-29-19(3)13-18(2)27-29)15-25-23(24-5)26-20(4)21-9-8-10-22(14-21)28-11-6-7-12-28/h8-10,13-14,17,20H,6-7,11-12,15-16H2,1-5H3,(H2,24,25,26). The second-order valence-corrected chi connectivity index (χ2v) is 8.32. The maximum Gasteiger partial charge on any atom is 0.191 e. The van der Waals surface area contributed by atoms with E-state index in [1.807, 2.05) is 14.0 Å². The number of benzene rings is 1. The average molecular weight is 397 g/mol. The summed E-state index contributed by atoms with van der Waals surface area (Å²) in [5.74, 6) is 1.28. The van der Waals surface area contributed by atoms with Crippen molar-refractivity contribution in [2.45, 2.75) is 53.1 Å². The van der Waals surface area contributed by atoms with E-state index in [1.54, 1.807) is 0 Å². The molecule has 6 nitrogen and oxygen atoms in total. The zero-order valence-corrected chi connectivity index (χ0v) is 18.6. The van der Waals surface area contributed by atoms with Crippen molar-refractivity contribution in [3.63, 3.8) is 0 Å². The molecule has 2 N–H and O–H groups in total. The molecular formula is C23H36N6. The monoisotopic (exact) mass is 396 g/mol. The van der Waals surface area contributed by atoms with Gasteiger partial charge in [-0.25, -0.2) is 0 Å². The van der Waals surface area contributed by atoms with Gasteiger partial charge in [0.05, 0.1) is 11.7 Å². The molecule has 0 spiro atoms. The second-order valence-electron chi connectivity index (χ2n) is 8.32. The minimum Gasteiger partial charge on any atom is -0.372 e. The molecule has 6 heteroatoms. The van der Waals surface area contributed by atoms with Gasteiger partial charge >= 0.3 is 0 Å². The lowest BCUT2D eigenvalue weighted by Gasteiger charge is -2.23. The minimum absolute atomic E-state index is 0.190. The van der Waals surface area contributed by atoms with E-state index in [0.717, 1.165) is 24.7 Å². The van der Waals surface area contributed by atoms with Gasteiger partial charge < -0.3 is 15.5 Å². The summed E-state index contributed by atoms with van der Waals surface area (Å²) in [6.45, 7) is 12.7. The maximum atomic E-state index is 4.57. The summed E-state index contributed by atoms with van der Waals surface area (Å²) in [7, 11) is 1.83. The van der Waals surface area contributed by atoms with E-state index < -0.39 is 0 Å². The fraction of sp³-hybridized carbons (Fsp3) is 0.565. The number of rotatable bonds is 7. The fourth-order valence-corrected chi connectivity index (χ4v) is 3.94. The molecule has 2 heterocycles. The Kier molecular flexibility index (Phi) is 7.18. The first-order chi connectivity index (χ1) is 14.0. The molecule has 1 aliphatic rings. The number of aryl methyl sites for hydroxylation is 2. The molecule has 1 aromatic heterocycles. The molecule has 1 saturated heterocycles. The molecule has 2 unspecified atom stereocenters. The van der Waals surface area contributed by atoms with Crippen LogP contribution in [0.3, 0.4) is 0 Å². The molecule has 0 radical (unpaired) electrons. The minimum atomic E-state index is 0.190. The van der Waals surface area contributed by atoms with Crippen LogP contribution in [0.5, 0.6) is 0 Å². The van der Waals surface area contributed by atoms with Gasteiger partial charge in [0.25, 0.3) is 0 Å². The molecule has 29 heavy (non-hydrogen) atoms. The Labute approximate surface area is 175 Å². The van der Waals surface area contributed by atoms with Crippen LogP contribution in [0.15, 0.2) is 35.3 Å². The number of aliphatic imine (C=N–C) groups is 1. The lowest BCUT2D eigenvalue weighted by atomic mass is 10.1. The van der Waals surface area contributed by atoms with Crippen LogP contribution in [-0.4, -0.2) is 42.4 Å². The van der Waals surface area contributed by atoms with Crippen molar-refractivity contribution in [3.8, 4) is 0 Å². The highest BCUT2D eigenvalue weighted by molar-refractivity contribution is 5.80. The van der Waals surface area contributed by atoms with Crippen molar-refractivity contribution >= 4 is 11.6 Å². The van der Waals surface area contributed by atoms with Gasteiger partial charge in [0.2, 0.25) is 0 Å². The van der Waals surface area contributed by atoms with Gasteiger partial charge in [0.1, 0.15) is 0 Å². The predicted octanol–water partition coefficient (Wildman–Crippen LogP) is 3.66. The van der Waals surface area contributed by atoms with Gasteiger partial charge in [0.15, 0.2) is 5.96 Å². The van der Waals surface area contributed by atoms with Crippen LogP contribution in [0.1, 0.15) is 49.7 Å². The average Bonchev–Trinajstić information content (AvgIpc) is 3.35. The van der Waals surface area contributed by atoms with E-state index >= 15 is 0 Å². The van der Waals surface area contributed by atoms with E-state index in [9.17, 15) is 0 Å². The van der Waals surface area contributed by atoms with Gasteiger partial charge in [-0.2, -0.15) is 5.10 Å². The number of anilines is 1. The number of hydrogen-bond donors (Lipinski definition) is 2. The molecule has 1 aromatic carbocycles. The summed E-state index contributed by atoms with van der Waals surface area (Å²) in [4.78, 5) is 6.89. The SMILES string of the molecule is CN=C(NCC(C)Cn1nc(C)cc1C)NC(C)c1cccc(N2CCCC2)c1. The number of hydrogen-bond acceptors (Lipinski definition) is 3. The molecule has 2 aromatic rings. The van der Waals surface area contributed by atoms with Crippen molar-refractivity contribution in [1.82, 2.24) is 20.4 Å². The van der Waals surface area contributed by atoms with Crippen molar-refractivity contribution in [2.75, 3.05) is 31.6 Å². The third kappa shape index (κ3) is 5.75. The Morgan fingerprint density at radius 1 is 1.17 bits per heavy atom. The molecule has 0 saturated carbocycles. The van der Waals surface area contributed by atoms with Crippen molar-refractivity contribution in [2.24, 2.45) is 10.9 Å². The van der Waals surface area contributed by atoms with Gasteiger partial charge in [-0.15, -0.1) is 0 Å². The molecule has 1 aliphatic heterocycles. The van der Waals surface area contributed by atoms with E-state index in [0.29, 0.717) is 5.92 Å². The molecule has 0 bridgehead atoms. The summed E-state index contributed by atoms with van der Waals surface area (Å²) < 4.78 is 2.09. The van der Waals surface area contributed by atoms with Gasteiger partial charge in [-0.3, -0.25) is 9.67 Å². The van der Waals surface area contributed by atoms with Crippen LogP contribution < -0.4 is 15.5 Å². The van der Waals surface area contributed by atoms with Crippen LogP contribution in [-0.2, 0) is 6.54 Å². The molecule has 3 rings (SSSR count). The Bertz CT molecular complexity index is 819. The Balaban J connectivity index is 1.52. The predicted molar refractivity (Wildman–Crippen MR) is 122 cm³/mol. The fourth-order valence-electron chi connectivity index (χ4n) is 3.94. The van der Waals surface area contributed by atoms with Gasteiger partial charge in [-0.05, 0) is 63.3 Å². The van der Waals surface area contributed by atoms with Crippen LogP contribution in [0.4, 0.5) is 5.69 Å². The molecule has 0 aliphatic carbocycles. The summed E-state index contributed by atoms with van der Waals surface area (Å²) in [5.41, 5.74) is 4.90. The van der Waals surface area contributed by atoms with Crippen LogP contribution in [0.25, 0.3) is 0 Å². The first kappa shape index (κ1) is 21.2.